The van der Waals surface area contributed by atoms with E-state index in [1.807, 2.05) is 36.5 Å². The van der Waals surface area contributed by atoms with Gasteiger partial charge in [-0.1, -0.05) is 12.1 Å². The molecule has 7 heteroatoms. The van der Waals surface area contributed by atoms with E-state index in [1.54, 1.807) is 34.0 Å². The first-order valence-electron chi connectivity index (χ1n) is 7.03. The first-order chi connectivity index (χ1) is 11.2. The summed E-state index contributed by atoms with van der Waals surface area (Å²) in [6, 6.07) is 9.84. The van der Waals surface area contributed by atoms with Gasteiger partial charge in [-0.2, -0.15) is 5.10 Å². The Kier molecular flexibility index (Phi) is 3.34. The van der Waals surface area contributed by atoms with E-state index in [-0.39, 0.29) is 5.69 Å². The van der Waals surface area contributed by atoms with Crippen molar-refractivity contribution in [1.29, 1.82) is 0 Å². The summed E-state index contributed by atoms with van der Waals surface area (Å²) in [5.41, 5.74) is 2.53. The molecule has 4 aromatic rings. The van der Waals surface area contributed by atoms with Crippen LogP contribution in [0, 0.1) is 0 Å². The number of hydrogen-bond donors (Lipinski definition) is 0. The topological polar surface area (TPSA) is 57.1 Å². The first kappa shape index (κ1) is 14.0. The lowest BCUT2D eigenvalue weighted by molar-refractivity contribution is 0.710. The largest absolute Gasteiger partial charge is 0.334 e. The molecular formula is C16H12BrN5O. The van der Waals surface area contributed by atoms with Gasteiger partial charge in [0.15, 0.2) is 5.65 Å². The Morgan fingerprint density at radius 3 is 2.65 bits per heavy atom. The molecular weight excluding hydrogens is 358 g/mol. The van der Waals surface area contributed by atoms with Crippen molar-refractivity contribution >= 4 is 21.6 Å². The highest BCUT2D eigenvalue weighted by molar-refractivity contribution is 9.10. The molecule has 0 aliphatic rings. The van der Waals surface area contributed by atoms with Gasteiger partial charge in [-0.05, 0) is 39.7 Å². The minimum Gasteiger partial charge on any atom is -0.295 e. The first-order valence-corrected chi connectivity index (χ1v) is 7.82. The number of aromatic nitrogens is 5. The predicted octanol–water partition coefficient (Wildman–Crippen LogP) is 2.49. The van der Waals surface area contributed by atoms with Crippen molar-refractivity contribution in [2.24, 2.45) is 0 Å². The van der Waals surface area contributed by atoms with Crippen molar-refractivity contribution in [3.05, 3.63) is 81.8 Å². The molecule has 0 saturated carbocycles. The highest BCUT2D eigenvalue weighted by Gasteiger charge is 2.08. The lowest BCUT2D eigenvalue weighted by Crippen LogP contribution is -2.26. The molecule has 0 radical (unpaired) electrons. The van der Waals surface area contributed by atoms with E-state index in [9.17, 15) is 4.79 Å². The summed E-state index contributed by atoms with van der Waals surface area (Å²) in [7, 11) is 0. The van der Waals surface area contributed by atoms with Gasteiger partial charge in [0.2, 0.25) is 0 Å². The maximum absolute atomic E-state index is 12.5. The number of fused-ring (bicyclic) bond motifs is 1. The Bertz CT molecular complexity index is 1010. The fourth-order valence-corrected chi connectivity index (χ4v) is 3.05. The molecule has 0 fully saturated rings. The molecule has 0 bridgehead atoms. The third kappa shape index (κ3) is 2.49. The summed E-state index contributed by atoms with van der Waals surface area (Å²) < 4.78 is 5.77. The number of rotatable bonds is 3. The molecule has 0 amide bonds. The lowest BCUT2D eigenvalue weighted by Gasteiger charge is -2.09. The SMILES string of the molecule is O=c1n(Cc2ccc(-n3cccn3)cc2)cc(Br)c2nccn12. The summed E-state index contributed by atoms with van der Waals surface area (Å²) in [6.45, 7) is 0.491. The molecule has 3 heterocycles. The van der Waals surface area contributed by atoms with Crippen LogP contribution >= 0.6 is 15.9 Å². The molecule has 0 unspecified atom stereocenters. The van der Waals surface area contributed by atoms with Gasteiger partial charge in [-0.15, -0.1) is 0 Å². The van der Waals surface area contributed by atoms with Crippen LogP contribution in [0.4, 0.5) is 0 Å². The number of imidazole rings is 1. The quantitative estimate of drug-likeness (QED) is 0.557. The summed E-state index contributed by atoms with van der Waals surface area (Å²) in [5, 5.41) is 4.20. The van der Waals surface area contributed by atoms with Gasteiger partial charge in [-0.3, -0.25) is 8.97 Å². The van der Waals surface area contributed by atoms with E-state index >= 15 is 0 Å². The molecule has 0 aliphatic heterocycles. The molecule has 114 valence electrons. The monoisotopic (exact) mass is 369 g/mol. The van der Waals surface area contributed by atoms with Crippen LogP contribution in [0.3, 0.4) is 0 Å². The van der Waals surface area contributed by atoms with E-state index < -0.39 is 0 Å². The van der Waals surface area contributed by atoms with E-state index in [4.69, 9.17) is 0 Å². The summed E-state index contributed by atoms with van der Waals surface area (Å²) in [5.74, 6) is 0. The Balaban J connectivity index is 1.68. The van der Waals surface area contributed by atoms with Gasteiger partial charge in [0.1, 0.15) is 0 Å². The third-order valence-corrected chi connectivity index (χ3v) is 4.19. The Morgan fingerprint density at radius 2 is 1.91 bits per heavy atom. The van der Waals surface area contributed by atoms with E-state index in [0.717, 1.165) is 15.7 Å². The maximum atomic E-state index is 12.5. The maximum Gasteiger partial charge on any atom is 0.334 e. The van der Waals surface area contributed by atoms with Crippen LogP contribution in [0.1, 0.15) is 5.56 Å². The van der Waals surface area contributed by atoms with Gasteiger partial charge in [0.05, 0.1) is 16.7 Å². The second kappa shape index (κ2) is 5.51. The molecule has 3 aromatic heterocycles. The Hall–Kier alpha value is -2.67. The molecule has 6 nitrogen and oxygen atoms in total. The zero-order chi connectivity index (χ0) is 15.8. The van der Waals surface area contributed by atoms with Crippen LogP contribution in [-0.2, 0) is 6.54 Å². The van der Waals surface area contributed by atoms with Crippen molar-refractivity contribution in [2.75, 3.05) is 0 Å². The number of hydrogen-bond acceptors (Lipinski definition) is 3. The fraction of sp³-hybridized carbons (Fsp3) is 0.0625. The van der Waals surface area contributed by atoms with Crippen molar-refractivity contribution in [3.8, 4) is 5.69 Å². The van der Waals surface area contributed by atoms with Crippen molar-refractivity contribution in [2.45, 2.75) is 6.54 Å². The summed E-state index contributed by atoms with van der Waals surface area (Å²) in [6.07, 6.45) is 8.69. The van der Waals surface area contributed by atoms with Crippen LogP contribution < -0.4 is 5.69 Å². The second-order valence-electron chi connectivity index (χ2n) is 5.13. The highest BCUT2D eigenvalue weighted by Crippen LogP contribution is 2.15. The zero-order valence-electron chi connectivity index (χ0n) is 12.0. The van der Waals surface area contributed by atoms with Crippen molar-refractivity contribution < 1.29 is 0 Å². The minimum atomic E-state index is -0.114. The van der Waals surface area contributed by atoms with Gasteiger partial charge < -0.3 is 0 Å². The molecule has 1 aromatic carbocycles. The van der Waals surface area contributed by atoms with E-state index in [1.165, 1.54) is 4.40 Å². The fourth-order valence-electron chi connectivity index (χ4n) is 2.51. The van der Waals surface area contributed by atoms with Gasteiger partial charge in [-0.25, -0.2) is 14.5 Å². The standard InChI is InChI=1S/C16H12BrN5O/c17-14-11-20(16(23)21-9-7-18-15(14)21)10-12-2-4-13(5-3-12)22-8-1-6-19-22/h1-9,11H,10H2. The normalized spacial score (nSPS) is 11.2. The van der Waals surface area contributed by atoms with Crippen LogP contribution in [0.2, 0.25) is 0 Å². The Labute approximate surface area is 139 Å². The molecule has 0 spiro atoms. The number of nitrogens with zero attached hydrogens (tertiary/aromatic N) is 5. The third-order valence-electron chi connectivity index (χ3n) is 3.63. The summed E-state index contributed by atoms with van der Waals surface area (Å²) >= 11 is 3.46. The minimum absolute atomic E-state index is 0.114. The highest BCUT2D eigenvalue weighted by atomic mass is 79.9. The smallest absolute Gasteiger partial charge is 0.295 e. The molecule has 0 atom stereocenters. The van der Waals surface area contributed by atoms with E-state index in [0.29, 0.717) is 12.2 Å². The lowest BCUT2D eigenvalue weighted by atomic mass is 10.2. The summed E-state index contributed by atoms with van der Waals surface area (Å²) in [4.78, 5) is 16.6. The van der Waals surface area contributed by atoms with Gasteiger partial charge in [0.25, 0.3) is 0 Å². The number of halogens is 1. The van der Waals surface area contributed by atoms with Crippen molar-refractivity contribution in [1.82, 2.24) is 23.7 Å². The number of benzene rings is 1. The van der Waals surface area contributed by atoms with Crippen LogP contribution in [-0.4, -0.2) is 23.7 Å². The average molecular weight is 370 g/mol. The predicted molar refractivity (Wildman–Crippen MR) is 89.8 cm³/mol. The van der Waals surface area contributed by atoms with Crippen molar-refractivity contribution in [3.63, 3.8) is 0 Å². The van der Waals surface area contributed by atoms with Crippen LogP contribution in [0.15, 0.2) is 70.6 Å². The van der Waals surface area contributed by atoms with Gasteiger partial charge >= 0.3 is 5.69 Å². The zero-order valence-corrected chi connectivity index (χ0v) is 13.6. The second-order valence-corrected chi connectivity index (χ2v) is 5.98. The Morgan fingerprint density at radius 1 is 1.09 bits per heavy atom. The van der Waals surface area contributed by atoms with Crippen LogP contribution in [0.5, 0.6) is 0 Å². The molecule has 0 N–H and O–H groups in total. The van der Waals surface area contributed by atoms with Crippen LogP contribution in [0.25, 0.3) is 11.3 Å². The molecule has 23 heavy (non-hydrogen) atoms. The molecule has 4 rings (SSSR count). The van der Waals surface area contributed by atoms with Gasteiger partial charge in [0, 0.05) is 31.0 Å². The molecule has 0 aliphatic carbocycles. The van der Waals surface area contributed by atoms with E-state index in [2.05, 4.69) is 26.0 Å². The average Bonchev–Trinajstić information content (AvgIpc) is 3.24. The molecule has 0 saturated heterocycles.